The predicted molar refractivity (Wildman–Crippen MR) is 97.6 cm³/mol. The van der Waals surface area contributed by atoms with E-state index in [4.69, 9.17) is 16.3 Å². The van der Waals surface area contributed by atoms with Crippen LogP contribution in [0.3, 0.4) is 0 Å². The van der Waals surface area contributed by atoms with Crippen LogP contribution in [0.25, 0.3) is 0 Å². The minimum atomic E-state index is -0.595. The van der Waals surface area contributed by atoms with Crippen molar-refractivity contribution >= 4 is 34.6 Å². The molecule has 0 saturated heterocycles. The lowest BCUT2D eigenvalue weighted by molar-refractivity contribution is -0.384. The summed E-state index contributed by atoms with van der Waals surface area (Å²) in [5.74, 6) is -0.0278. The summed E-state index contributed by atoms with van der Waals surface area (Å²) in [5.41, 5.74) is 1.73. The van der Waals surface area contributed by atoms with Gasteiger partial charge < -0.3 is 15.4 Å². The molecular formula is C17H18ClN3O4. The number of methoxy groups -OCH3 is 1. The van der Waals surface area contributed by atoms with Gasteiger partial charge in [0.1, 0.15) is 11.8 Å². The first kappa shape index (κ1) is 18.5. The Morgan fingerprint density at radius 3 is 2.60 bits per heavy atom. The molecule has 0 radical (unpaired) electrons. The number of carbonyl (C=O) groups is 1. The number of hydrogen-bond acceptors (Lipinski definition) is 5. The van der Waals surface area contributed by atoms with E-state index in [9.17, 15) is 14.9 Å². The van der Waals surface area contributed by atoms with Crippen LogP contribution >= 0.6 is 11.6 Å². The molecule has 0 heterocycles. The zero-order valence-corrected chi connectivity index (χ0v) is 14.8. The van der Waals surface area contributed by atoms with E-state index in [0.717, 1.165) is 5.56 Å². The summed E-state index contributed by atoms with van der Waals surface area (Å²) >= 11 is 6.07. The van der Waals surface area contributed by atoms with Crippen LogP contribution < -0.4 is 15.4 Å². The third-order valence-electron chi connectivity index (χ3n) is 3.60. The Balaban J connectivity index is 2.13. The van der Waals surface area contributed by atoms with E-state index in [0.29, 0.717) is 16.5 Å². The molecule has 0 spiro atoms. The molecule has 0 bridgehead atoms. The quantitative estimate of drug-likeness (QED) is 0.597. The number of halogens is 1. The van der Waals surface area contributed by atoms with Crippen LogP contribution in [0, 0.1) is 17.0 Å². The molecule has 0 fully saturated rings. The summed E-state index contributed by atoms with van der Waals surface area (Å²) in [6, 6.07) is 8.80. The maximum Gasteiger partial charge on any atom is 0.271 e. The standard InChI is InChI=1S/C17H18ClN3O4/c1-10-4-5-12(8-14(10)18)19-11(2)17(22)20-15-9-13(21(23)24)6-7-16(15)25-3/h4-9,11,19H,1-3H3,(H,20,22)/t11-/m0/s1. The van der Waals surface area contributed by atoms with E-state index in [1.807, 2.05) is 19.1 Å². The Hall–Kier alpha value is -2.80. The Bertz CT molecular complexity index is 810. The normalized spacial score (nSPS) is 11.5. The topological polar surface area (TPSA) is 93.5 Å². The number of anilines is 2. The molecule has 25 heavy (non-hydrogen) atoms. The lowest BCUT2D eigenvalue weighted by Crippen LogP contribution is -2.32. The van der Waals surface area contributed by atoms with Gasteiger partial charge in [-0.05, 0) is 37.6 Å². The number of non-ortho nitro benzene ring substituents is 1. The number of hydrogen-bond donors (Lipinski definition) is 2. The molecule has 132 valence electrons. The summed E-state index contributed by atoms with van der Waals surface area (Å²) in [6.07, 6.45) is 0. The molecule has 8 heteroatoms. The fourth-order valence-corrected chi connectivity index (χ4v) is 2.33. The molecule has 0 aromatic heterocycles. The zero-order valence-electron chi connectivity index (χ0n) is 14.0. The van der Waals surface area contributed by atoms with E-state index in [1.165, 1.54) is 25.3 Å². The van der Waals surface area contributed by atoms with Gasteiger partial charge >= 0.3 is 0 Å². The number of benzene rings is 2. The third-order valence-corrected chi connectivity index (χ3v) is 4.01. The van der Waals surface area contributed by atoms with Crippen molar-refractivity contribution in [1.82, 2.24) is 0 Å². The number of ether oxygens (including phenoxy) is 1. The second-order valence-corrected chi connectivity index (χ2v) is 5.87. The van der Waals surface area contributed by atoms with Crippen LogP contribution in [-0.2, 0) is 4.79 Å². The predicted octanol–water partition coefficient (Wildman–Crippen LogP) is 4.00. The van der Waals surface area contributed by atoms with Crippen molar-refractivity contribution in [3.63, 3.8) is 0 Å². The smallest absolute Gasteiger partial charge is 0.271 e. The Morgan fingerprint density at radius 1 is 1.28 bits per heavy atom. The largest absolute Gasteiger partial charge is 0.495 e. The van der Waals surface area contributed by atoms with Gasteiger partial charge in [-0.15, -0.1) is 0 Å². The third kappa shape index (κ3) is 4.60. The highest BCUT2D eigenvalue weighted by molar-refractivity contribution is 6.31. The molecular weight excluding hydrogens is 346 g/mol. The van der Waals surface area contributed by atoms with Gasteiger partial charge in [0.25, 0.3) is 5.69 Å². The van der Waals surface area contributed by atoms with Gasteiger partial charge in [-0.2, -0.15) is 0 Å². The SMILES string of the molecule is COc1ccc([N+](=O)[O-])cc1NC(=O)[C@H](C)Nc1ccc(C)c(Cl)c1. The van der Waals surface area contributed by atoms with Gasteiger partial charge in [-0.3, -0.25) is 14.9 Å². The Kier molecular flexibility index (Phi) is 5.82. The number of aryl methyl sites for hydroxylation is 1. The molecule has 2 N–H and O–H groups in total. The minimum absolute atomic E-state index is 0.137. The van der Waals surface area contributed by atoms with Crippen LogP contribution in [-0.4, -0.2) is 24.0 Å². The average Bonchev–Trinajstić information content (AvgIpc) is 2.57. The van der Waals surface area contributed by atoms with Crippen LogP contribution in [0.15, 0.2) is 36.4 Å². The number of nitrogens with one attached hydrogen (secondary N) is 2. The number of rotatable bonds is 6. The van der Waals surface area contributed by atoms with Gasteiger partial charge in [-0.25, -0.2) is 0 Å². The first-order chi connectivity index (χ1) is 11.8. The fraction of sp³-hybridized carbons (Fsp3) is 0.235. The van der Waals surface area contributed by atoms with Crippen molar-refractivity contribution in [3.8, 4) is 5.75 Å². The van der Waals surface area contributed by atoms with Crippen molar-refractivity contribution < 1.29 is 14.5 Å². The number of nitro groups is 1. The lowest BCUT2D eigenvalue weighted by atomic mass is 10.2. The summed E-state index contributed by atoms with van der Waals surface area (Å²) in [7, 11) is 1.42. The maximum absolute atomic E-state index is 12.4. The van der Waals surface area contributed by atoms with Gasteiger partial charge in [0.15, 0.2) is 0 Å². The van der Waals surface area contributed by atoms with E-state index in [2.05, 4.69) is 10.6 Å². The van der Waals surface area contributed by atoms with Crippen molar-refractivity contribution in [2.45, 2.75) is 19.9 Å². The van der Waals surface area contributed by atoms with Crippen molar-refractivity contribution in [2.75, 3.05) is 17.7 Å². The number of nitro benzene ring substituents is 1. The average molecular weight is 364 g/mol. The molecule has 2 aromatic carbocycles. The molecule has 0 saturated carbocycles. The fourth-order valence-electron chi connectivity index (χ4n) is 2.15. The van der Waals surface area contributed by atoms with E-state index >= 15 is 0 Å². The first-order valence-corrected chi connectivity index (χ1v) is 7.85. The molecule has 7 nitrogen and oxygen atoms in total. The summed E-state index contributed by atoms with van der Waals surface area (Å²) in [6.45, 7) is 3.56. The zero-order chi connectivity index (χ0) is 18.6. The van der Waals surface area contributed by atoms with Crippen LogP contribution in [0.2, 0.25) is 5.02 Å². The second kappa shape index (κ2) is 7.85. The van der Waals surface area contributed by atoms with Crippen molar-refractivity contribution in [2.24, 2.45) is 0 Å². The van der Waals surface area contributed by atoms with Crippen LogP contribution in [0.5, 0.6) is 5.75 Å². The van der Waals surface area contributed by atoms with E-state index in [-0.39, 0.29) is 17.3 Å². The minimum Gasteiger partial charge on any atom is -0.495 e. The first-order valence-electron chi connectivity index (χ1n) is 7.48. The summed E-state index contributed by atoms with van der Waals surface area (Å²) in [5, 5.41) is 17.2. The van der Waals surface area contributed by atoms with E-state index in [1.54, 1.807) is 13.0 Å². The molecule has 0 aliphatic heterocycles. The number of nitrogens with zero attached hydrogens (tertiary/aromatic N) is 1. The molecule has 0 aliphatic carbocycles. The maximum atomic E-state index is 12.4. The summed E-state index contributed by atoms with van der Waals surface area (Å²) in [4.78, 5) is 22.7. The van der Waals surface area contributed by atoms with Gasteiger partial charge in [-0.1, -0.05) is 17.7 Å². The van der Waals surface area contributed by atoms with Crippen molar-refractivity contribution in [1.29, 1.82) is 0 Å². The number of amides is 1. The van der Waals surface area contributed by atoms with Gasteiger partial charge in [0.2, 0.25) is 5.91 Å². The molecule has 2 rings (SSSR count). The highest BCUT2D eigenvalue weighted by atomic mass is 35.5. The molecule has 0 aliphatic rings. The van der Waals surface area contributed by atoms with Crippen LogP contribution in [0.4, 0.5) is 17.1 Å². The number of carbonyl (C=O) groups excluding carboxylic acids is 1. The Labute approximate surface area is 150 Å². The second-order valence-electron chi connectivity index (χ2n) is 5.46. The molecule has 2 aromatic rings. The van der Waals surface area contributed by atoms with E-state index < -0.39 is 11.0 Å². The highest BCUT2D eigenvalue weighted by Crippen LogP contribution is 2.29. The van der Waals surface area contributed by atoms with Crippen LogP contribution in [0.1, 0.15) is 12.5 Å². The molecule has 0 unspecified atom stereocenters. The monoisotopic (exact) mass is 363 g/mol. The molecule has 1 atom stereocenters. The lowest BCUT2D eigenvalue weighted by Gasteiger charge is -2.17. The van der Waals surface area contributed by atoms with Gasteiger partial charge in [0.05, 0.1) is 17.7 Å². The van der Waals surface area contributed by atoms with Gasteiger partial charge in [0, 0.05) is 22.8 Å². The molecule has 1 amide bonds. The van der Waals surface area contributed by atoms with Crippen molar-refractivity contribution in [3.05, 3.63) is 57.1 Å². The highest BCUT2D eigenvalue weighted by Gasteiger charge is 2.18. The Morgan fingerprint density at radius 2 is 2.00 bits per heavy atom. The summed E-state index contributed by atoms with van der Waals surface area (Å²) < 4.78 is 5.13.